The Morgan fingerprint density at radius 3 is 0.760 bits per heavy atom. The first-order chi connectivity index (χ1) is 48.3. The number of esters is 4. The molecule has 17 nitrogen and oxygen atoms in total. The molecule has 100 heavy (non-hydrogen) atoms. The van der Waals surface area contributed by atoms with E-state index in [1.54, 1.807) is 0 Å². The van der Waals surface area contributed by atoms with Gasteiger partial charge in [0.05, 0.1) is 26.4 Å². The van der Waals surface area contributed by atoms with E-state index in [9.17, 15) is 43.2 Å². The number of carbonyl (C=O) groups is 4. The van der Waals surface area contributed by atoms with Gasteiger partial charge in [0, 0.05) is 25.7 Å². The molecule has 0 radical (unpaired) electrons. The van der Waals surface area contributed by atoms with Crippen LogP contribution in [-0.2, 0) is 65.4 Å². The Balaban J connectivity index is 5.18. The van der Waals surface area contributed by atoms with E-state index in [0.717, 1.165) is 120 Å². The minimum atomic E-state index is -4.96. The van der Waals surface area contributed by atoms with E-state index in [0.29, 0.717) is 25.7 Å². The standard InChI is InChI=1S/C81H158O17P2/c1-8-10-11-12-38-48-55-62-78(83)91-68-76(97-81(86)65-58-51-44-37-31-25-27-33-40-46-53-60-73(5)6)70-95-99(87,88)93-66-75(82)67-94-100(89,90)96-71-77(69-92-79(84)63-56-49-42-35-29-23-20-19-22-28-34-41-47-54-61-74(7)9-2)98-80(85)64-57-50-43-36-30-24-18-16-14-13-15-17-21-26-32-39-45-52-59-72(3)4/h72-77,82H,8-71H2,1-7H3,(H,87,88)(H,89,90)/t74?,75-,76+,77+/m0/s1. The van der Waals surface area contributed by atoms with Crippen LogP contribution in [0.1, 0.15) is 421 Å². The van der Waals surface area contributed by atoms with Crippen molar-refractivity contribution in [1.82, 2.24) is 0 Å². The van der Waals surface area contributed by atoms with Gasteiger partial charge in [-0.25, -0.2) is 9.13 Å². The maximum atomic E-state index is 13.1. The van der Waals surface area contributed by atoms with Crippen molar-refractivity contribution < 1.29 is 80.2 Å². The second-order valence-electron chi connectivity index (χ2n) is 30.4. The molecule has 0 rings (SSSR count). The Morgan fingerprint density at radius 1 is 0.290 bits per heavy atom. The Bertz CT molecular complexity index is 1940. The van der Waals surface area contributed by atoms with Crippen molar-refractivity contribution in [1.29, 1.82) is 0 Å². The summed E-state index contributed by atoms with van der Waals surface area (Å²) in [7, 11) is -9.91. The summed E-state index contributed by atoms with van der Waals surface area (Å²) in [5.41, 5.74) is 0. The SMILES string of the molecule is CCCCCCCCCC(=O)OC[C@H](COP(=O)(O)OC[C@H](O)COP(=O)(O)OC[C@@H](COC(=O)CCCCCCCCCCCCCCCCC(C)CC)OC(=O)CCCCCCCCCCCCCCCCCCCCC(C)C)OC(=O)CCCCCCCCCCCCCC(C)C. The van der Waals surface area contributed by atoms with Crippen LogP contribution in [0.15, 0.2) is 0 Å². The van der Waals surface area contributed by atoms with Gasteiger partial charge in [0.2, 0.25) is 0 Å². The van der Waals surface area contributed by atoms with Gasteiger partial charge in [0.1, 0.15) is 19.3 Å². The van der Waals surface area contributed by atoms with Crippen LogP contribution in [0.5, 0.6) is 0 Å². The summed E-state index contributed by atoms with van der Waals surface area (Å²) >= 11 is 0. The van der Waals surface area contributed by atoms with Crippen LogP contribution in [0.2, 0.25) is 0 Å². The van der Waals surface area contributed by atoms with E-state index in [1.807, 2.05) is 0 Å². The van der Waals surface area contributed by atoms with Crippen LogP contribution in [0.25, 0.3) is 0 Å². The van der Waals surface area contributed by atoms with Crippen molar-refractivity contribution in [2.24, 2.45) is 17.8 Å². The van der Waals surface area contributed by atoms with Crippen molar-refractivity contribution in [2.75, 3.05) is 39.6 Å². The summed E-state index contributed by atoms with van der Waals surface area (Å²) < 4.78 is 68.6. The van der Waals surface area contributed by atoms with E-state index in [2.05, 4.69) is 48.5 Å². The Morgan fingerprint density at radius 2 is 0.510 bits per heavy atom. The molecule has 19 heteroatoms. The number of ether oxygens (including phenoxy) is 4. The molecule has 0 fully saturated rings. The van der Waals surface area contributed by atoms with E-state index in [4.69, 9.17) is 37.0 Å². The topological polar surface area (TPSA) is 237 Å². The van der Waals surface area contributed by atoms with Gasteiger partial charge in [-0.1, -0.05) is 370 Å². The number of phosphoric ester groups is 2. The van der Waals surface area contributed by atoms with Gasteiger partial charge in [0.25, 0.3) is 0 Å². The molecular formula is C81H158O17P2. The van der Waals surface area contributed by atoms with Crippen LogP contribution in [0.3, 0.4) is 0 Å². The highest BCUT2D eigenvalue weighted by atomic mass is 31.2. The summed E-state index contributed by atoms with van der Waals surface area (Å²) in [6, 6.07) is 0. The molecule has 3 unspecified atom stereocenters. The van der Waals surface area contributed by atoms with E-state index < -0.39 is 97.5 Å². The van der Waals surface area contributed by atoms with Gasteiger partial charge in [-0.15, -0.1) is 0 Å². The molecule has 3 N–H and O–H groups in total. The summed E-state index contributed by atoms with van der Waals surface area (Å²) in [6.07, 6.45) is 59.8. The van der Waals surface area contributed by atoms with E-state index in [1.165, 1.54) is 218 Å². The highest BCUT2D eigenvalue weighted by Gasteiger charge is 2.30. The van der Waals surface area contributed by atoms with Crippen molar-refractivity contribution in [3.05, 3.63) is 0 Å². The third kappa shape index (κ3) is 73.0. The molecule has 0 aromatic carbocycles. The third-order valence-corrected chi connectivity index (χ3v) is 21.1. The van der Waals surface area contributed by atoms with Crippen LogP contribution in [-0.4, -0.2) is 96.7 Å². The quantitative estimate of drug-likeness (QED) is 0.0222. The fourth-order valence-electron chi connectivity index (χ4n) is 12.5. The van der Waals surface area contributed by atoms with E-state index in [-0.39, 0.29) is 25.7 Å². The monoisotopic (exact) mass is 1470 g/mol. The van der Waals surface area contributed by atoms with Gasteiger partial charge in [-0.3, -0.25) is 37.3 Å². The molecule has 0 bridgehead atoms. The van der Waals surface area contributed by atoms with Gasteiger partial charge >= 0.3 is 39.5 Å². The number of carbonyl (C=O) groups excluding carboxylic acids is 4. The largest absolute Gasteiger partial charge is 0.472 e. The fraction of sp³-hybridized carbons (Fsp3) is 0.951. The smallest absolute Gasteiger partial charge is 0.462 e. The average Bonchev–Trinajstić information content (AvgIpc) is 0.947. The molecule has 0 aliphatic carbocycles. The zero-order valence-electron chi connectivity index (χ0n) is 65.7. The lowest BCUT2D eigenvalue weighted by atomic mass is 9.99. The number of hydrogen-bond acceptors (Lipinski definition) is 15. The van der Waals surface area contributed by atoms with Crippen LogP contribution in [0, 0.1) is 17.8 Å². The molecule has 6 atom stereocenters. The molecule has 0 amide bonds. The summed E-state index contributed by atoms with van der Waals surface area (Å²) in [6.45, 7) is 12.0. The number of aliphatic hydroxyl groups is 1. The first-order valence-corrected chi connectivity index (χ1v) is 44.9. The normalized spacial score (nSPS) is 14.2. The second kappa shape index (κ2) is 71.3. The molecule has 0 aliphatic rings. The van der Waals surface area contributed by atoms with Crippen molar-refractivity contribution >= 4 is 39.5 Å². The summed E-state index contributed by atoms with van der Waals surface area (Å²) in [5, 5.41) is 10.6. The van der Waals surface area contributed by atoms with E-state index >= 15 is 0 Å². The summed E-state index contributed by atoms with van der Waals surface area (Å²) in [5.74, 6) is 0.320. The lowest BCUT2D eigenvalue weighted by Crippen LogP contribution is -2.30. The minimum Gasteiger partial charge on any atom is -0.462 e. The lowest BCUT2D eigenvalue weighted by molar-refractivity contribution is -0.161. The molecule has 0 saturated carbocycles. The van der Waals surface area contributed by atoms with Crippen LogP contribution in [0.4, 0.5) is 0 Å². The summed E-state index contributed by atoms with van der Waals surface area (Å²) in [4.78, 5) is 72.9. The molecule has 0 aromatic heterocycles. The highest BCUT2D eigenvalue weighted by Crippen LogP contribution is 2.45. The second-order valence-corrected chi connectivity index (χ2v) is 33.3. The minimum absolute atomic E-state index is 0.106. The Labute approximate surface area is 613 Å². The van der Waals surface area contributed by atoms with Crippen molar-refractivity contribution in [2.45, 2.75) is 439 Å². The number of aliphatic hydroxyl groups excluding tert-OH is 1. The molecule has 0 heterocycles. The average molecular weight is 1470 g/mol. The molecule has 594 valence electrons. The van der Waals surface area contributed by atoms with Gasteiger partial charge in [-0.2, -0.15) is 0 Å². The highest BCUT2D eigenvalue weighted by molar-refractivity contribution is 7.47. The maximum Gasteiger partial charge on any atom is 0.472 e. The zero-order chi connectivity index (χ0) is 73.7. The van der Waals surface area contributed by atoms with Crippen LogP contribution >= 0.6 is 15.6 Å². The van der Waals surface area contributed by atoms with Crippen molar-refractivity contribution in [3.63, 3.8) is 0 Å². The fourth-order valence-corrected chi connectivity index (χ4v) is 14.0. The first kappa shape index (κ1) is 98.1. The molecule has 0 aromatic rings. The van der Waals surface area contributed by atoms with Crippen molar-refractivity contribution in [3.8, 4) is 0 Å². The number of rotatable bonds is 79. The Kier molecular flexibility index (Phi) is 69.9. The Hall–Kier alpha value is -1.94. The van der Waals surface area contributed by atoms with Crippen LogP contribution < -0.4 is 0 Å². The molecule has 0 aliphatic heterocycles. The predicted molar refractivity (Wildman–Crippen MR) is 409 cm³/mol. The number of hydrogen-bond donors (Lipinski definition) is 3. The number of phosphoric acid groups is 2. The molecule has 0 spiro atoms. The molecule has 0 saturated heterocycles. The number of unbranched alkanes of at least 4 members (excludes halogenated alkanes) is 46. The first-order valence-electron chi connectivity index (χ1n) is 41.9. The zero-order valence-corrected chi connectivity index (χ0v) is 67.5. The predicted octanol–water partition coefficient (Wildman–Crippen LogP) is 24.1. The van der Waals surface area contributed by atoms with Gasteiger partial charge in [0.15, 0.2) is 12.2 Å². The third-order valence-electron chi connectivity index (χ3n) is 19.2. The maximum absolute atomic E-state index is 13.1. The lowest BCUT2D eigenvalue weighted by Gasteiger charge is -2.21. The molecular weight excluding hydrogens is 1310 g/mol. The van der Waals surface area contributed by atoms with Gasteiger partial charge < -0.3 is 33.8 Å². The van der Waals surface area contributed by atoms with Gasteiger partial charge in [-0.05, 0) is 43.4 Å².